The Morgan fingerprint density at radius 3 is 2.65 bits per heavy atom. The van der Waals surface area contributed by atoms with E-state index in [-0.39, 0.29) is 11.7 Å². The first-order valence-electron chi connectivity index (χ1n) is 5.36. The lowest BCUT2D eigenvalue weighted by molar-refractivity contribution is 0.628. The molecule has 2 nitrogen and oxygen atoms in total. The van der Waals surface area contributed by atoms with Crippen LogP contribution < -0.4 is 0 Å². The van der Waals surface area contributed by atoms with Crippen molar-refractivity contribution in [1.82, 2.24) is 9.97 Å². The molecular weight excluding hydrogens is 239 g/mol. The van der Waals surface area contributed by atoms with Crippen molar-refractivity contribution < 1.29 is 4.39 Å². The summed E-state index contributed by atoms with van der Waals surface area (Å²) in [4.78, 5) is 8.18. The largest absolute Gasteiger partial charge is 0.236 e. The molecule has 0 aliphatic rings. The maximum atomic E-state index is 13.2. The predicted octanol–water partition coefficient (Wildman–Crippen LogP) is 4.06. The summed E-state index contributed by atoms with van der Waals surface area (Å²) in [5.74, 6) is -0.103. The van der Waals surface area contributed by atoms with Gasteiger partial charge in [-0.1, -0.05) is 37.6 Å². The van der Waals surface area contributed by atoms with E-state index in [9.17, 15) is 4.39 Å². The van der Waals surface area contributed by atoms with Crippen LogP contribution >= 0.6 is 11.6 Å². The van der Waals surface area contributed by atoms with Crippen LogP contribution in [0.3, 0.4) is 0 Å². The molecular formula is C13H12ClFN2. The number of halogens is 2. The van der Waals surface area contributed by atoms with Gasteiger partial charge in [-0.15, -0.1) is 0 Å². The van der Waals surface area contributed by atoms with Gasteiger partial charge in [0.1, 0.15) is 17.3 Å². The smallest absolute Gasteiger partial charge is 0.136 e. The topological polar surface area (TPSA) is 25.8 Å². The maximum absolute atomic E-state index is 13.2. The Morgan fingerprint density at radius 1 is 1.24 bits per heavy atom. The Bertz CT molecular complexity index is 541. The van der Waals surface area contributed by atoms with Gasteiger partial charge in [-0.3, -0.25) is 0 Å². The van der Waals surface area contributed by atoms with Crippen molar-refractivity contribution in [3.05, 3.63) is 47.1 Å². The summed E-state index contributed by atoms with van der Waals surface area (Å²) in [5.41, 5.74) is 2.26. The molecule has 4 heteroatoms. The quantitative estimate of drug-likeness (QED) is 0.751. The van der Waals surface area contributed by atoms with Crippen LogP contribution in [0.2, 0.25) is 5.15 Å². The van der Waals surface area contributed by atoms with E-state index in [4.69, 9.17) is 11.6 Å². The van der Waals surface area contributed by atoms with Crippen LogP contribution in [0.25, 0.3) is 11.3 Å². The van der Waals surface area contributed by atoms with Gasteiger partial charge < -0.3 is 0 Å². The van der Waals surface area contributed by atoms with Crippen LogP contribution in [0, 0.1) is 5.82 Å². The molecule has 0 unspecified atom stereocenters. The lowest BCUT2D eigenvalue weighted by Crippen LogP contribution is -1.99. The lowest BCUT2D eigenvalue weighted by Gasteiger charge is -2.12. The van der Waals surface area contributed by atoms with Gasteiger partial charge in [-0.2, -0.15) is 0 Å². The fraction of sp³-hybridized carbons (Fsp3) is 0.231. The molecule has 2 rings (SSSR count). The number of aromatic nitrogens is 2. The van der Waals surface area contributed by atoms with E-state index in [1.807, 2.05) is 19.9 Å². The van der Waals surface area contributed by atoms with Crippen LogP contribution in [0.5, 0.6) is 0 Å². The van der Waals surface area contributed by atoms with Gasteiger partial charge in [0, 0.05) is 11.1 Å². The van der Waals surface area contributed by atoms with E-state index in [1.165, 1.54) is 18.5 Å². The zero-order chi connectivity index (χ0) is 12.4. The molecule has 17 heavy (non-hydrogen) atoms. The number of benzene rings is 1. The number of hydrogen-bond donors (Lipinski definition) is 0. The first-order chi connectivity index (χ1) is 8.09. The van der Waals surface area contributed by atoms with E-state index in [0.29, 0.717) is 10.8 Å². The Balaban J connectivity index is 2.63. The fourth-order valence-electron chi connectivity index (χ4n) is 1.75. The van der Waals surface area contributed by atoms with Gasteiger partial charge in [0.05, 0.1) is 5.69 Å². The molecule has 0 aliphatic heterocycles. The van der Waals surface area contributed by atoms with Gasteiger partial charge in [-0.25, -0.2) is 14.4 Å². The average Bonchev–Trinajstić information content (AvgIpc) is 2.28. The fourth-order valence-corrected chi connectivity index (χ4v) is 2.10. The summed E-state index contributed by atoms with van der Waals surface area (Å²) >= 11 is 6.07. The lowest BCUT2D eigenvalue weighted by atomic mass is 9.99. The molecule has 0 spiro atoms. The number of hydrogen-bond acceptors (Lipinski definition) is 2. The first kappa shape index (κ1) is 12.0. The minimum Gasteiger partial charge on any atom is -0.236 e. The monoisotopic (exact) mass is 250 g/mol. The highest BCUT2D eigenvalue weighted by molar-refractivity contribution is 6.30. The molecule has 0 atom stereocenters. The van der Waals surface area contributed by atoms with Crippen molar-refractivity contribution in [3.8, 4) is 11.3 Å². The summed E-state index contributed by atoms with van der Waals surface area (Å²) in [7, 11) is 0. The van der Waals surface area contributed by atoms with Crippen molar-refractivity contribution in [3.63, 3.8) is 0 Å². The van der Waals surface area contributed by atoms with E-state index in [1.54, 1.807) is 6.07 Å². The zero-order valence-corrected chi connectivity index (χ0v) is 10.4. The molecule has 0 saturated carbocycles. The SMILES string of the molecule is CC(C)c1c(Cl)ncnc1-c1cccc(F)c1. The van der Waals surface area contributed by atoms with Crippen LogP contribution in [-0.2, 0) is 0 Å². The van der Waals surface area contributed by atoms with Crippen molar-refractivity contribution in [2.24, 2.45) is 0 Å². The Labute approximate surface area is 104 Å². The van der Waals surface area contributed by atoms with E-state index < -0.39 is 0 Å². The summed E-state index contributed by atoms with van der Waals surface area (Å²) in [6, 6.07) is 6.32. The molecule has 0 aliphatic carbocycles. The molecule has 88 valence electrons. The Hall–Kier alpha value is -1.48. The Morgan fingerprint density at radius 2 is 2.00 bits per heavy atom. The third-order valence-corrected chi connectivity index (χ3v) is 2.81. The molecule has 0 saturated heterocycles. The Kier molecular flexibility index (Phi) is 3.38. The average molecular weight is 251 g/mol. The third kappa shape index (κ3) is 2.44. The molecule has 0 radical (unpaired) electrons. The number of rotatable bonds is 2. The summed E-state index contributed by atoms with van der Waals surface area (Å²) in [6.07, 6.45) is 1.40. The zero-order valence-electron chi connectivity index (χ0n) is 9.61. The second-order valence-electron chi connectivity index (χ2n) is 4.09. The molecule has 0 fully saturated rings. The second kappa shape index (κ2) is 4.80. The molecule has 1 aromatic carbocycles. The summed E-state index contributed by atoms with van der Waals surface area (Å²) < 4.78 is 13.2. The summed E-state index contributed by atoms with van der Waals surface area (Å²) in [6.45, 7) is 4.01. The molecule has 1 heterocycles. The van der Waals surface area contributed by atoms with Crippen molar-refractivity contribution >= 4 is 11.6 Å². The van der Waals surface area contributed by atoms with Gasteiger partial charge in [0.15, 0.2) is 0 Å². The predicted molar refractivity (Wildman–Crippen MR) is 66.5 cm³/mol. The number of nitrogens with zero attached hydrogens (tertiary/aromatic N) is 2. The van der Waals surface area contributed by atoms with Gasteiger partial charge in [0.25, 0.3) is 0 Å². The van der Waals surface area contributed by atoms with E-state index >= 15 is 0 Å². The third-order valence-electron chi connectivity index (χ3n) is 2.51. The standard InChI is InChI=1S/C13H12ClFN2/c1-8(2)11-12(16-7-17-13(11)14)9-4-3-5-10(15)6-9/h3-8H,1-2H3. The maximum Gasteiger partial charge on any atom is 0.136 e. The van der Waals surface area contributed by atoms with E-state index in [0.717, 1.165) is 11.1 Å². The molecule has 1 aromatic heterocycles. The molecule has 0 amide bonds. The highest BCUT2D eigenvalue weighted by Crippen LogP contribution is 2.31. The minimum atomic E-state index is -0.285. The van der Waals surface area contributed by atoms with Crippen LogP contribution in [-0.4, -0.2) is 9.97 Å². The van der Waals surface area contributed by atoms with Crippen LogP contribution in [0.4, 0.5) is 4.39 Å². The normalized spacial score (nSPS) is 10.9. The van der Waals surface area contributed by atoms with Crippen LogP contribution in [0.1, 0.15) is 25.3 Å². The van der Waals surface area contributed by atoms with Crippen molar-refractivity contribution in [1.29, 1.82) is 0 Å². The minimum absolute atomic E-state index is 0.182. The highest BCUT2D eigenvalue weighted by atomic mass is 35.5. The van der Waals surface area contributed by atoms with E-state index in [2.05, 4.69) is 9.97 Å². The molecule has 2 aromatic rings. The molecule has 0 bridgehead atoms. The van der Waals surface area contributed by atoms with Crippen molar-refractivity contribution in [2.45, 2.75) is 19.8 Å². The highest BCUT2D eigenvalue weighted by Gasteiger charge is 2.15. The van der Waals surface area contributed by atoms with Gasteiger partial charge in [0.2, 0.25) is 0 Å². The van der Waals surface area contributed by atoms with Gasteiger partial charge >= 0.3 is 0 Å². The molecule has 0 N–H and O–H groups in total. The van der Waals surface area contributed by atoms with Crippen molar-refractivity contribution in [2.75, 3.05) is 0 Å². The summed E-state index contributed by atoms with van der Waals surface area (Å²) in [5, 5.41) is 0.425. The van der Waals surface area contributed by atoms with Crippen LogP contribution in [0.15, 0.2) is 30.6 Å². The first-order valence-corrected chi connectivity index (χ1v) is 5.73. The second-order valence-corrected chi connectivity index (χ2v) is 4.45. The van der Waals surface area contributed by atoms with Gasteiger partial charge in [-0.05, 0) is 18.1 Å².